The van der Waals surface area contributed by atoms with Gasteiger partial charge in [0.1, 0.15) is 5.82 Å². The Morgan fingerprint density at radius 1 is 1.12 bits per heavy atom. The van der Waals surface area contributed by atoms with Crippen LogP contribution in [0.25, 0.3) is 0 Å². The number of aryl methyl sites for hydroxylation is 1. The zero-order valence-corrected chi connectivity index (χ0v) is 10.0. The Bertz CT molecular complexity index is 506. The molecule has 0 unspecified atom stereocenters. The van der Waals surface area contributed by atoms with Gasteiger partial charge in [0.25, 0.3) is 0 Å². The van der Waals surface area contributed by atoms with E-state index in [1.165, 1.54) is 0 Å². The Morgan fingerprint density at radius 2 is 1.88 bits per heavy atom. The molecule has 0 N–H and O–H groups in total. The molecule has 86 valence electrons. The maximum atomic E-state index is 4.38. The number of aromatic nitrogens is 1. The second-order valence-electron chi connectivity index (χ2n) is 3.83. The first-order chi connectivity index (χ1) is 8.27. The van der Waals surface area contributed by atoms with Crippen LogP contribution in [0.4, 0.5) is 11.5 Å². The summed E-state index contributed by atoms with van der Waals surface area (Å²) in [6.07, 6.45) is 3.57. The number of benzene rings is 1. The maximum absolute atomic E-state index is 4.38. The van der Waals surface area contributed by atoms with Gasteiger partial charge in [-0.05, 0) is 30.7 Å². The largest absolute Gasteiger partial charge is 0.320 e. The summed E-state index contributed by atoms with van der Waals surface area (Å²) in [5.41, 5.74) is 2.07. The van der Waals surface area contributed by atoms with Gasteiger partial charge in [0.2, 0.25) is 0 Å². The highest BCUT2D eigenvalue weighted by Gasteiger charge is 2.01. The van der Waals surface area contributed by atoms with Crippen LogP contribution >= 0.6 is 0 Å². The van der Waals surface area contributed by atoms with Gasteiger partial charge in [-0.3, -0.25) is 0 Å². The summed E-state index contributed by atoms with van der Waals surface area (Å²) < 4.78 is 0. The second kappa shape index (κ2) is 5.25. The fraction of sp³-hybridized carbons (Fsp3) is 0.143. The number of nitrogens with zero attached hydrogens (tertiary/aromatic N) is 3. The lowest BCUT2D eigenvalue weighted by Crippen LogP contribution is -2.16. The molecule has 2 aromatic rings. The van der Waals surface area contributed by atoms with Crippen molar-refractivity contribution >= 4 is 17.8 Å². The molecular weight excluding hydrogens is 210 g/mol. The Hall–Kier alpha value is -2.16. The Balaban J connectivity index is 2.15. The third-order valence-corrected chi connectivity index (χ3v) is 2.45. The molecule has 17 heavy (non-hydrogen) atoms. The molecule has 0 bridgehead atoms. The number of pyridine rings is 1. The van der Waals surface area contributed by atoms with Crippen molar-refractivity contribution in [3.05, 3.63) is 54.2 Å². The van der Waals surface area contributed by atoms with Crippen molar-refractivity contribution in [2.45, 2.75) is 6.92 Å². The van der Waals surface area contributed by atoms with E-state index in [1.807, 2.05) is 61.3 Å². The Morgan fingerprint density at radius 3 is 2.59 bits per heavy atom. The van der Waals surface area contributed by atoms with Crippen LogP contribution < -0.4 is 4.90 Å². The highest BCUT2D eigenvalue weighted by molar-refractivity contribution is 5.79. The molecule has 0 aliphatic carbocycles. The monoisotopic (exact) mass is 225 g/mol. The average molecular weight is 225 g/mol. The maximum Gasteiger partial charge on any atom is 0.136 e. The van der Waals surface area contributed by atoms with Crippen LogP contribution in [-0.2, 0) is 0 Å². The van der Waals surface area contributed by atoms with Crippen LogP contribution in [0.1, 0.15) is 5.56 Å². The third-order valence-electron chi connectivity index (χ3n) is 2.45. The topological polar surface area (TPSA) is 28.5 Å². The zero-order valence-electron chi connectivity index (χ0n) is 10.0. The molecule has 0 spiro atoms. The van der Waals surface area contributed by atoms with Gasteiger partial charge in [-0.15, -0.1) is 0 Å². The van der Waals surface area contributed by atoms with Crippen LogP contribution in [-0.4, -0.2) is 18.4 Å². The highest BCUT2D eigenvalue weighted by atomic mass is 15.2. The molecule has 3 heteroatoms. The second-order valence-corrected chi connectivity index (χ2v) is 3.83. The summed E-state index contributed by atoms with van der Waals surface area (Å²) in [5, 5.41) is 0. The number of aliphatic imine (C=N–C) groups is 1. The van der Waals surface area contributed by atoms with Crippen molar-refractivity contribution in [2.75, 3.05) is 11.9 Å². The van der Waals surface area contributed by atoms with Gasteiger partial charge in [-0.1, -0.05) is 24.3 Å². The van der Waals surface area contributed by atoms with Crippen molar-refractivity contribution in [3.8, 4) is 0 Å². The van der Waals surface area contributed by atoms with Gasteiger partial charge in [0.05, 0.1) is 12.0 Å². The van der Waals surface area contributed by atoms with Crippen molar-refractivity contribution in [1.29, 1.82) is 0 Å². The summed E-state index contributed by atoms with van der Waals surface area (Å²) in [5.74, 6) is 0.923. The lowest BCUT2D eigenvalue weighted by atomic mass is 10.3. The zero-order chi connectivity index (χ0) is 12.1. The SMILES string of the molecule is Cc1cccnc1N(C)C=Nc1ccccc1. The molecule has 0 atom stereocenters. The average Bonchev–Trinajstić information content (AvgIpc) is 2.38. The lowest BCUT2D eigenvalue weighted by Gasteiger charge is -2.13. The van der Waals surface area contributed by atoms with Crippen LogP contribution in [0, 0.1) is 6.92 Å². The van der Waals surface area contributed by atoms with E-state index >= 15 is 0 Å². The number of anilines is 1. The minimum Gasteiger partial charge on any atom is -0.320 e. The van der Waals surface area contributed by atoms with Gasteiger partial charge >= 0.3 is 0 Å². The smallest absolute Gasteiger partial charge is 0.136 e. The van der Waals surface area contributed by atoms with Crippen molar-refractivity contribution in [1.82, 2.24) is 4.98 Å². The fourth-order valence-corrected chi connectivity index (χ4v) is 1.57. The summed E-state index contributed by atoms with van der Waals surface area (Å²) in [4.78, 5) is 10.6. The van der Waals surface area contributed by atoms with Gasteiger partial charge < -0.3 is 4.90 Å². The molecule has 0 fully saturated rings. The van der Waals surface area contributed by atoms with E-state index in [1.54, 1.807) is 12.5 Å². The molecule has 0 aliphatic rings. The van der Waals surface area contributed by atoms with E-state index in [0.29, 0.717) is 0 Å². The van der Waals surface area contributed by atoms with Gasteiger partial charge in [0.15, 0.2) is 0 Å². The summed E-state index contributed by atoms with van der Waals surface area (Å²) in [6.45, 7) is 2.04. The molecule has 0 saturated heterocycles. The van der Waals surface area contributed by atoms with Crippen LogP contribution in [0.5, 0.6) is 0 Å². The lowest BCUT2D eigenvalue weighted by molar-refractivity contribution is 1.15. The quantitative estimate of drug-likeness (QED) is 0.593. The normalized spacial score (nSPS) is 10.7. The van der Waals surface area contributed by atoms with E-state index in [-0.39, 0.29) is 0 Å². The van der Waals surface area contributed by atoms with Crippen molar-refractivity contribution < 1.29 is 0 Å². The number of hydrogen-bond donors (Lipinski definition) is 0. The number of rotatable bonds is 3. The van der Waals surface area contributed by atoms with Crippen LogP contribution in [0.3, 0.4) is 0 Å². The molecule has 2 rings (SSSR count). The Labute approximate surface area is 101 Å². The first kappa shape index (κ1) is 11.3. The molecule has 0 aliphatic heterocycles. The number of hydrogen-bond acceptors (Lipinski definition) is 2. The van der Waals surface area contributed by atoms with Gasteiger partial charge in [-0.25, -0.2) is 9.98 Å². The molecule has 3 nitrogen and oxygen atoms in total. The van der Waals surface area contributed by atoms with Crippen LogP contribution in [0.2, 0.25) is 0 Å². The van der Waals surface area contributed by atoms with E-state index in [9.17, 15) is 0 Å². The molecule has 1 aromatic heterocycles. The standard InChI is InChI=1S/C14H15N3/c1-12-7-6-10-15-14(12)17(2)11-16-13-8-4-3-5-9-13/h3-11H,1-2H3. The molecular formula is C14H15N3. The molecule has 0 saturated carbocycles. The molecule has 0 amide bonds. The third kappa shape index (κ3) is 2.91. The predicted octanol–water partition coefficient (Wildman–Crippen LogP) is 3.19. The van der Waals surface area contributed by atoms with E-state index < -0.39 is 0 Å². The number of para-hydroxylation sites is 1. The first-order valence-electron chi connectivity index (χ1n) is 5.51. The first-order valence-corrected chi connectivity index (χ1v) is 5.51. The van der Waals surface area contributed by atoms with E-state index in [2.05, 4.69) is 9.98 Å². The molecule has 1 aromatic carbocycles. The summed E-state index contributed by atoms with van der Waals surface area (Å²) in [7, 11) is 1.95. The predicted molar refractivity (Wildman–Crippen MR) is 72.0 cm³/mol. The molecule has 0 radical (unpaired) electrons. The van der Waals surface area contributed by atoms with E-state index in [4.69, 9.17) is 0 Å². The highest BCUT2D eigenvalue weighted by Crippen LogP contribution is 2.14. The summed E-state index contributed by atoms with van der Waals surface area (Å²) >= 11 is 0. The minimum atomic E-state index is 0.923. The van der Waals surface area contributed by atoms with Gasteiger partial charge in [-0.2, -0.15) is 0 Å². The van der Waals surface area contributed by atoms with Gasteiger partial charge in [0, 0.05) is 13.2 Å². The van der Waals surface area contributed by atoms with Crippen molar-refractivity contribution in [2.24, 2.45) is 4.99 Å². The molecule has 1 heterocycles. The summed E-state index contributed by atoms with van der Waals surface area (Å²) in [6, 6.07) is 13.8. The van der Waals surface area contributed by atoms with E-state index in [0.717, 1.165) is 17.1 Å². The minimum absolute atomic E-state index is 0.923. The van der Waals surface area contributed by atoms with Crippen molar-refractivity contribution in [3.63, 3.8) is 0 Å². The Kier molecular flexibility index (Phi) is 3.50. The fourth-order valence-electron chi connectivity index (χ4n) is 1.57. The van der Waals surface area contributed by atoms with Crippen LogP contribution in [0.15, 0.2) is 53.7 Å².